The highest BCUT2D eigenvalue weighted by Crippen LogP contribution is 2.46. The molecule has 3 rings (SSSR count). The molecule has 2 aromatic rings. The average Bonchev–Trinajstić information content (AvgIpc) is 3.23. The van der Waals surface area contributed by atoms with E-state index < -0.39 is 23.7 Å². The Morgan fingerprint density at radius 3 is 2.75 bits per heavy atom. The lowest BCUT2D eigenvalue weighted by Gasteiger charge is -2.06. The summed E-state index contributed by atoms with van der Waals surface area (Å²) in [7, 11) is 0. The van der Waals surface area contributed by atoms with E-state index in [1.165, 1.54) is 0 Å². The summed E-state index contributed by atoms with van der Waals surface area (Å²) in [6.07, 6.45) is -3.12. The van der Waals surface area contributed by atoms with Crippen molar-refractivity contribution in [2.75, 3.05) is 11.9 Å². The molecular formula is C16H16BrF3N4O3S. The van der Waals surface area contributed by atoms with Crippen LogP contribution in [0, 0.1) is 0 Å². The lowest BCUT2D eigenvalue weighted by Crippen LogP contribution is -2.21. The highest BCUT2D eigenvalue weighted by Gasteiger charge is 2.42. The van der Waals surface area contributed by atoms with Gasteiger partial charge in [0.2, 0.25) is 5.91 Å². The molecule has 2 heterocycles. The zero-order valence-corrected chi connectivity index (χ0v) is 17.1. The summed E-state index contributed by atoms with van der Waals surface area (Å²) in [6.45, 7) is 1.58. The smallest absolute Gasteiger partial charge is 0.436 e. The number of esters is 1. The third kappa shape index (κ3) is 4.90. The van der Waals surface area contributed by atoms with Crippen LogP contribution in [0.2, 0.25) is 0 Å². The van der Waals surface area contributed by atoms with Gasteiger partial charge in [-0.25, -0.2) is 4.98 Å². The van der Waals surface area contributed by atoms with Crippen LogP contribution in [0.15, 0.2) is 9.85 Å². The molecular weight excluding hydrogens is 465 g/mol. The number of nitrogens with zero attached hydrogens (tertiary/aromatic N) is 3. The molecule has 28 heavy (non-hydrogen) atoms. The normalized spacial score (nSPS) is 14.2. The molecule has 0 radical (unpaired) electrons. The topological polar surface area (TPSA) is 86.1 Å². The molecule has 12 heteroatoms. The Labute approximate surface area is 170 Å². The molecule has 0 unspecified atom stereocenters. The van der Waals surface area contributed by atoms with Gasteiger partial charge in [-0.3, -0.25) is 14.3 Å². The maximum absolute atomic E-state index is 13.1. The lowest BCUT2D eigenvalue weighted by atomic mass is 10.2. The van der Waals surface area contributed by atoms with Crippen LogP contribution in [-0.2, 0) is 33.5 Å². The Kier molecular flexibility index (Phi) is 6.08. The van der Waals surface area contributed by atoms with Crippen LogP contribution in [-0.4, -0.2) is 33.2 Å². The van der Waals surface area contributed by atoms with E-state index in [4.69, 9.17) is 4.74 Å². The number of ether oxygens (including phenoxy) is 1. The average molecular weight is 481 g/mol. The zero-order chi connectivity index (χ0) is 20.5. The van der Waals surface area contributed by atoms with E-state index in [0.29, 0.717) is 11.4 Å². The van der Waals surface area contributed by atoms with Crippen molar-refractivity contribution in [1.29, 1.82) is 0 Å². The number of rotatable bonds is 7. The fourth-order valence-corrected chi connectivity index (χ4v) is 4.16. The van der Waals surface area contributed by atoms with Crippen molar-refractivity contribution in [3.05, 3.63) is 26.9 Å². The largest absolute Gasteiger partial charge is 0.466 e. The molecule has 1 fully saturated rings. The van der Waals surface area contributed by atoms with Crippen molar-refractivity contribution >= 4 is 44.3 Å². The highest BCUT2D eigenvalue weighted by molar-refractivity contribution is 9.10. The van der Waals surface area contributed by atoms with E-state index in [1.54, 1.807) is 12.3 Å². The molecule has 0 spiro atoms. The van der Waals surface area contributed by atoms with Gasteiger partial charge in [0.05, 0.1) is 28.9 Å². The Morgan fingerprint density at radius 1 is 1.43 bits per heavy atom. The monoisotopic (exact) mass is 480 g/mol. The van der Waals surface area contributed by atoms with Crippen molar-refractivity contribution in [1.82, 2.24) is 14.8 Å². The van der Waals surface area contributed by atoms with Crippen LogP contribution < -0.4 is 5.32 Å². The van der Waals surface area contributed by atoms with Crippen LogP contribution in [0.25, 0.3) is 0 Å². The molecule has 1 saturated carbocycles. The number of aromatic nitrogens is 3. The number of nitrogens with one attached hydrogen (secondary N) is 1. The first-order chi connectivity index (χ1) is 13.2. The van der Waals surface area contributed by atoms with Gasteiger partial charge < -0.3 is 10.1 Å². The number of carbonyl (C=O) groups is 2. The van der Waals surface area contributed by atoms with Crippen LogP contribution in [0.4, 0.5) is 18.3 Å². The second kappa shape index (κ2) is 8.19. The predicted molar refractivity (Wildman–Crippen MR) is 98.0 cm³/mol. The maximum atomic E-state index is 13.1. The molecule has 152 valence electrons. The number of thiazole rings is 1. The second-order valence-electron chi connectivity index (χ2n) is 6.15. The molecule has 0 atom stereocenters. The summed E-state index contributed by atoms with van der Waals surface area (Å²) in [5.41, 5.74) is -0.212. The van der Waals surface area contributed by atoms with E-state index in [9.17, 15) is 22.8 Å². The van der Waals surface area contributed by atoms with Crippen LogP contribution in [0.5, 0.6) is 0 Å². The van der Waals surface area contributed by atoms with Gasteiger partial charge in [0, 0.05) is 11.3 Å². The van der Waals surface area contributed by atoms with Crippen molar-refractivity contribution in [3.8, 4) is 0 Å². The predicted octanol–water partition coefficient (Wildman–Crippen LogP) is 3.74. The van der Waals surface area contributed by atoms with E-state index in [-0.39, 0.29) is 35.1 Å². The summed E-state index contributed by atoms with van der Waals surface area (Å²) in [5.74, 6) is -1.02. The van der Waals surface area contributed by atoms with E-state index >= 15 is 0 Å². The van der Waals surface area contributed by atoms with Gasteiger partial charge in [-0.15, -0.1) is 11.3 Å². The standard InChI is InChI=1S/C16H16BrF3N4O3S/c1-2-27-11(26)5-9-7-28-15(21-9)22-10(25)6-24-13(8-3-4-8)12(17)14(23-24)16(18,19)20/h7-8H,2-6H2,1H3,(H,21,22,25). The molecule has 0 aromatic carbocycles. The first kappa shape index (κ1) is 20.8. The Morgan fingerprint density at radius 2 is 2.14 bits per heavy atom. The number of amides is 1. The minimum Gasteiger partial charge on any atom is -0.466 e. The highest BCUT2D eigenvalue weighted by atomic mass is 79.9. The van der Waals surface area contributed by atoms with E-state index in [2.05, 4.69) is 31.3 Å². The van der Waals surface area contributed by atoms with Crippen LogP contribution in [0.1, 0.15) is 42.8 Å². The van der Waals surface area contributed by atoms with Gasteiger partial charge >= 0.3 is 12.1 Å². The zero-order valence-electron chi connectivity index (χ0n) is 14.7. The molecule has 1 amide bonds. The molecule has 2 aromatic heterocycles. The number of alkyl halides is 3. The fraction of sp³-hybridized carbons (Fsp3) is 0.500. The first-order valence-electron chi connectivity index (χ1n) is 8.42. The van der Waals surface area contributed by atoms with Gasteiger partial charge in [0.25, 0.3) is 0 Å². The van der Waals surface area contributed by atoms with Crippen molar-refractivity contribution in [3.63, 3.8) is 0 Å². The van der Waals surface area contributed by atoms with Gasteiger partial charge in [0.15, 0.2) is 10.8 Å². The van der Waals surface area contributed by atoms with Crippen LogP contribution in [0.3, 0.4) is 0 Å². The molecule has 0 saturated heterocycles. The summed E-state index contributed by atoms with van der Waals surface area (Å²) < 4.78 is 45.2. The summed E-state index contributed by atoms with van der Waals surface area (Å²) >= 11 is 4.10. The quantitative estimate of drug-likeness (QED) is 0.610. The number of hydrogen-bond acceptors (Lipinski definition) is 6. The number of halogens is 4. The molecule has 0 bridgehead atoms. The van der Waals surface area contributed by atoms with Crippen LogP contribution >= 0.6 is 27.3 Å². The summed E-state index contributed by atoms with van der Waals surface area (Å²) in [6, 6.07) is 0. The third-order valence-electron chi connectivity index (χ3n) is 3.89. The van der Waals surface area contributed by atoms with Gasteiger partial charge in [-0.1, -0.05) is 0 Å². The Balaban J connectivity index is 1.69. The number of hydrogen-bond donors (Lipinski definition) is 1. The summed E-state index contributed by atoms with van der Waals surface area (Å²) in [5, 5.41) is 7.98. The van der Waals surface area contributed by atoms with Gasteiger partial charge in [0.1, 0.15) is 6.54 Å². The van der Waals surface area contributed by atoms with Gasteiger partial charge in [-0.2, -0.15) is 18.3 Å². The molecule has 0 aliphatic heterocycles. The second-order valence-corrected chi connectivity index (χ2v) is 7.80. The van der Waals surface area contributed by atoms with Gasteiger partial charge in [-0.05, 0) is 35.7 Å². The molecule has 7 nitrogen and oxygen atoms in total. The lowest BCUT2D eigenvalue weighted by molar-refractivity contribution is -0.143. The minimum absolute atomic E-state index is 0.0207. The van der Waals surface area contributed by atoms with Crippen molar-refractivity contribution in [2.24, 2.45) is 0 Å². The number of carbonyl (C=O) groups excluding carboxylic acids is 2. The Hall–Kier alpha value is -1.95. The molecule has 1 aliphatic carbocycles. The minimum atomic E-state index is -4.61. The van der Waals surface area contributed by atoms with Crippen molar-refractivity contribution in [2.45, 2.75) is 44.8 Å². The fourth-order valence-electron chi connectivity index (χ4n) is 2.60. The first-order valence-corrected chi connectivity index (χ1v) is 10.1. The van der Waals surface area contributed by atoms with E-state index in [0.717, 1.165) is 28.9 Å². The molecule has 1 N–H and O–H groups in total. The van der Waals surface area contributed by atoms with Crippen molar-refractivity contribution < 1.29 is 27.5 Å². The van der Waals surface area contributed by atoms with E-state index in [1.807, 2.05) is 0 Å². The summed E-state index contributed by atoms with van der Waals surface area (Å²) in [4.78, 5) is 27.9. The molecule has 1 aliphatic rings. The number of anilines is 1. The SMILES string of the molecule is CCOC(=O)Cc1csc(NC(=O)Cn2nc(C(F)(F)F)c(Br)c2C2CC2)n1. The third-order valence-corrected chi connectivity index (χ3v) is 5.47. The Bertz CT molecular complexity index is 892. The maximum Gasteiger partial charge on any atom is 0.436 e.